The zero-order valence-electron chi connectivity index (χ0n) is 4.35. The van der Waals surface area contributed by atoms with E-state index in [0.717, 1.165) is 6.20 Å². The summed E-state index contributed by atoms with van der Waals surface area (Å²) in [7, 11) is 0. The number of nitrogens with zero attached hydrogens (tertiary/aromatic N) is 3. The number of anilines is 1. The van der Waals surface area contributed by atoms with E-state index in [4.69, 9.17) is 10.8 Å². The summed E-state index contributed by atoms with van der Waals surface area (Å²) in [6.45, 7) is 0. The highest BCUT2D eigenvalue weighted by molar-refractivity contribution is 5.66. The minimum Gasteiger partial charge on any atom is -0.463 e. The highest BCUT2D eigenvalue weighted by atomic mass is 16.4. The molecule has 0 aliphatic heterocycles. The molecular weight excluding hydrogens is 124 g/mol. The van der Waals surface area contributed by atoms with E-state index in [1.807, 2.05) is 0 Å². The molecule has 9 heavy (non-hydrogen) atoms. The smallest absolute Gasteiger partial charge is 0.433 e. The fourth-order valence-electron chi connectivity index (χ4n) is 0.370. The topological polar surface area (TPSA) is 94.0 Å². The molecule has 0 atom stereocenters. The van der Waals surface area contributed by atoms with Crippen molar-refractivity contribution in [1.82, 2.24) is 15.0 Å². The summed E-state index contributed by atoms with van der Waals surface area (Å²) in [6.07, 6.45) is -0.0818. The number of carboxylic acid groups (broad SMARTS) is 1. The molecular formula is C3H4N4O2. The van der Waals surface area contributed by atoms with E-state index in [9.17, 15) is 4.79 Å². The number of rotatable bonds is 0. The predicted octanol–water partition coefficient (Wildman–Crippen LogP) is -0.614. The molecule has 6 heteroatoms. The summed E-state index contributed by atoms with van der Waals surface area (Å²) in [4.78, 5) is 10.0. The van der Waals surface area contributed by atoms with Crippen molar-refractivity contribution in [2.24, 2.45) is 0 Å². The molecule has 0 saturated heterocycles. The lowest BCUT2D eigenvalue weighted by atomic mass is 10.8. The zero-order valence-corrected chi connectivity index (χ0v) is 4.35. The van der Waals surface area contributed by atoms with E-state index in [1.54, 1.807) is 0 Å². The van der Waals surface area contributed by atoms with Gasteiger partial charge in [0.25, 0.3) is 0 Å². The fraction of sp³-hybridized carbons (Fsp3) is 0. The Bertz CT molecular complexity index is 229. The number of nitrogen functional groups attached to an aromatic ring is 1. The van der Waals surface area contributed by atoms with Crippen molar-refractivity contribution >= 4 is 11.9 Å². The number of nitrogens with two attached hydrogens (primary N) is 1. The lowest BCUT2D eigenvalue weighted by Gasteiger charge is -1.83. The van der Waals surface area contributed by atoms with Gasteiger partial charge in [0.2, 0.25) is 0 Å². The zero-order chi connectivity index (χ0) is 6.85. The number of hydrogen-bond donors (Lipinski definition) is 2. The third kappa shape index (κ3) is 0.958. The second-order valence-electron chi connectivity index (χ2n) is 1.37. The summed E-state index contributed by atoms with van der Waals surface area (Å²) in [6, 6.07) is 0. The molecule has 1 aromatic heterocycles. The van der Waals surface area contributed by atoms with Gasteiger partial charge in [0.05, 0.1) is 6.20 Å². The molecule has 48 valence electrons. The largest absolute Gasteiger partial charge is 0.463 e. The molecule has 0 aliphatic carbocycles. The van der Waals surface area contributed by atoms with Crippen molar-refractivity contribution < 1.29 is 9.90 Å². The first-order valence-electron chi connectivity index (χ1n) is 2.11. The maximum Gasteiger partial charge on any atom is 0.433 e. The first-order chi connectivity index (χ1) is 4.20. The highest BCUT2D eigenvalue weighted by Gasteiger charge is 2.01. The third-order valence-electron chi connectivity index (χ3n) is 0.707. The van der Waals surface area contributed by atoms with Gasteiger partial charge in [-0.1, -0.05) is 5.21 Å². The highest BCUT2D eigenvalue weighted by Crippen LogP contribution is 1.90. The SMILES string of the molecule is Nc1cn(C(=O)O)nn1. The van der Waals surface area contributed by atoms with E-state index in [1.165, 1.54) is 0 Å². The minimum atomic E-state index is -1.20. The van der Waals surface area contributed by atoms with Crippen molar-refractivity contribution in [2.45, 2.75) is 0 Å². The van der Waals surface area contributed by atoms with Crippen molar-refractivity contribution in [3.63, 3.8) is 0 Å². The predicted molar refractivity (Wildman–Crippen MR) is 27.9 cm³/mol. The van der Waals surface area contributed by atoms with Crippen LogP contribution >= 0.6 is 0 Å². The van der Waals surface area contributed by atoms with E-state index in [-0.39, 0.29) is 5.82 Å². The second-order valence-corrected chi connectivity index (χ2v) is 1.37. The van der Waals surface area contributed by atoms with Crippen LogP contribution in [0.15, 0.2) is 6.20 Å². The van der Waals surface area contributed by atoms with Crippen molar-refractivity contribution in [2.75, 3.05) is 5.73 Å². The van der Waals surface area contributed by atoms with E-state index < -0.39 is 6.09 Å². The van der Waals surface area contributed by atoms with Gasteiger partial charge in [-0.15, -0.1) is 5.10 Å². The van der Waals surface area contributed by atoms with E-state index in [2.05, 4.69) is 10.3 Å². The van der Waals surface area contributed by atoms with Gasteiger partial charge in [-0.3, -0.25) is 0 Å². The molecule has 0 bridgehead atoms. The van der Waals surface area contributed by atoms with Crippen molar-refractivity contribution in [1.29, 1.82) is 0 Å². The van der Waals surface area contributed by atoms with Crippen LogP contribution in [-0.4, -0.2) is 26.2 Å². The Morgan fingerprint density at radius 1 is 1.89 bits per heavy atom. The molecule has 1 aromatic rings. The third-order valence-corrected chi connectivity index (χ3v) is 0.707. The first kappa shape index (κ1) is 5.54. The van der Waals surface area contributed by atoms with Gasteiger partial charge >= 0.3 is 6.09 Å². The Labute approximate surface area is 49.9 Å². The molecule has 1 rings (SSSR count). The van der Waals surface area contributed by atoms with Crippen LogP contribution in [0.3, 0.4) is 0 Å². The van der Waals surface area contributed by atoms with Crippen LogP contribution < -0.4 is 5.73 Å². The van der Waals surface area contributed by atoms with E-state index in [0.29, 0.717) is 4.68 Å². The van der Waals surface area contributed by atoms with Gasteiger partial charge in [-0.05, 0) is 0 Å². The molecule has 0 aromatic carbocycles. The van der Waals surface area contributed by atoms with Crippen LogP contribution in [0.25, 0.3) is 0 Å². The van der Waals surface area contributed by atoms with Gasteiger partial charge < -0.3 is 10.8 Å². The minimum absolute atomic E-state index is 0.0948. The van der Waals surface area contributed by atoms with Crippen molar-refractivity contribution in [3.05, 3.63) is 6.20 Å². The van der Waals surface area contributed by atoms with Crippen LogP contribution in [-0.2, 0) is 0 Å². The molecule has 1 heterocycles. The summed E-state index contributed by atoms with van der Waals surface area (Å²) in [5.74, 6) is 0.0948. The summed E-state index contributed by atoms with van der Waals surface area (Å²) in [5, 5.41) is 14.6. The summed E-state index contributed by atoms with van der Waals surface area (Å²) < 4.78 is 0.634. The Hall–Kier alpha value is -1.59. The van der Waals surface area contributed by atoms with Crippen LogP contribution in [0.5, 0.6) is 0 Å². The standard InChI is InChI=1S/C3H4N4O2/c4-2-1-7(3(8)9)6-5-2/h1H,4H2,(H,8,9). The van der Waals surface area contributed by atoms with Gasteiger partial charge in [-0.25, -0.2) is 4.79 Å². The van der Waals surface area contributed by atoms with Gasteiger partial charge in [0, 0.05) is 0 Å². The summed E-state index contributed by atoms with van der Waals surface area (Å²) >= 11 is 0. The molecule has 0 spiro atoms. The lowest BCUT2D eigenvalue weighted by Crippen LogP contribution is -2.07. The van der Waals surface area contributed by atoms with Crippen LogP contribution in [0.1, 0.15) is 0 Å². The normalized spacial score (nSPS) is 9.33. The number of aromatic nitrogens is 3. The van der Waals surface area contributed by atoms with Crippen LogP contribution in [0, 0.1) is 0 Å². The molecule has 0 radical (unpaired) electrons. The molecule has 0 saturated carbocycles. The van der Waals surface area contributed by atoms with Crippen molar-refractivity contribution in [3.8, 4) is 0 Å². The molecule has 0 aliphatic rings. The average molecular weight is 128 g/mol. The van der Waals surface area contributed by atoms with Crippen LogP contribution in [0.2, 0.25) is 0 Å². The molecule has 0 amide bonds. The Morgan fingerprint density at radius 2 is 2.56 bits per heavy atom. The van der Waals surface area contributed by atoms with Gasteiger partial charge in [-0.2, -0.15) is 4.68 Å². The lowest BCUT2D eigenvalue weighted by molar-refractivity contribution is 0.192. The maximum atomic E-state index is 10.0. The molecule has 0 unspecified atom stereocenters. The Morgan fingerprint density at radius 3 is 2.78 bits per heavy atom. The molecule has 0 fully saturated rings. The number of carbonyl (C=O) groups is 1. The van der Waals surface area contributed by atoms with Gasteiger partial charge in [0.15, 0.2) is 5.82 Å². The fourth-order valence-corrected chi connectivity index (χ4v) is 0.370. The first-order valence-corrected chi connectivity index (χ1v) is 2.11. The molecule has 6 nitrogen and oxygen atoms in total. The Kier molecular flexibility index (Phi) is 1.07. The quantitative estimate of drug-likeness (QED) is 0.485. The monoisotopic (exact) mass is 128 g/mol. The second kappa shape index (κ2) is 1.73. The molecule has 3 N–H and O–H groups in total. The van der Waals surface area contributed by atoms with Gasteiger partial charge in [0.1, 0.15) is 0 Å². The van der Waals surface area contributed by atoms with Crippen LogP contribution in [0.4, 0.5) is 10.6 Å². The maximum absolute atomic E-state index is 10.0. The summed E-state index contributed by atoms with van der Waals surface area (Å²) in [5.41, 5.74) is 5.06. The van der Waals surface area contributed by atoms with E-state index >= 15 is 0 Å². The Balaban J connectivity index is 2.98. The average Bonchev–Trinajstić information content (AvgIpc) is 2.14. The number of hydrogen-bond acceptors (Lipinski definition) is 4.